The van der Waals surface area contributed by atoms with Crippen LogP contribution in [0.25, 0.3) is 0 Å². The maximum atomic E-state index is 12.3. The molecule has 2 amide bonds. The molecule has 0 aromatic carbocycles. The topological polar surface area (TPSA) is 58.6 Å². The van der Waals surface area contributed by atoms with Gasteiger partial charge in [0.15, 0.2) is 5.60 Å². The zero-order valence-electron chi connectivity index (χ0n) is 11.2. The van der Waals surface area contributed by atoms with Crippen molar-refractivity contribution in [3.8, 4) is 0 Å². The maximum Gasteiger partial charge on any atom is 0.253 e. The summed E-state index contributed by atoms with van der Waals surface area (Å²) in [6.45, 7) is 3.15. The molecule has 5 heteroatoms. The molecule has 1 saturated heterocycles. The summed E-state index contributed by atoms with van der Waals surface area (Å²) in [4.78, 5) is 25.9. The first-order valence-corrected chi connectivity index (χ1v) is 6.72. The van der Waals surface area contributed by atoms with Gasteiger partial charge in [-0.25, -0.2) is 0 Å². The average Bonchev–Trinajstić information content (AvgIpc) is 2.90. The molecule has 0 spiro atoms. The first kappa shape index (κ1) is 13.3. The highest BCUT2D eigenvalue weighted by molar-refractivity contribution is 5.86. The number of rotatable bonds is 2. The number of amides is 2. The number of hydrogen-bond acceptors (Lipinski definition) is 3. The number of ether oxygens (including phenoxy) is 1. The van der Waals surface area contributed by atoms with E-state index in [1.54, 1.807) is 18.9 Å². The summed E-state index contributed by atoms with van der Waals surface area (Å²) in [6, 6.07) is 0. The Labute approximate surface area is 108 Å². The van der Waals surface area contributed by atoms with Gasteiger partial charge in [0.1, 0.15) is 0 Å². The van der Waals surface area contributed by atoms with Crippen LogP contribution in [0.2, 0.25) is 0 Å². The van der Waals surface area contributed by atoms with Crippen LogP contribution in [0.3, 0.4) is 0 Å². The van der Waals surface area contributed by atoms with Gasteiger partial charge in [-0.2, -0.15) is 0 Å². The highest BCUT2D eigenvalue weighted by Crippen LogP contribution is 2.28. The molecule has 2 fully saturated rings. The number of likely N-dealkylation sites (N-methyl/N-ethyl adjacent to an activating group) is 1. The quantitative estimate of drug-likeness (QED) is 0.782. The fraction of sp³-hybridized carbons (Fsp3) is 0.846. The highest BCUT2D eigenvalue weighted by atomic mass is 16.5. The van der Waals surface area contributed by atoms with Gasteiger partial charge in [0.05, 0.1) is 13.2 Å². The van der Waals surface area contributed by atoms with E-state index in [0.717, 1.165) is 25.7 Å². The molecule has 1 atom stereocenters. The lowest BCUT2D eigenvalue weighted by atomic mass is 10.0. The van der Waals surface area contributed by atoms with Crippen molar-refractivity contribution in [2.75, 3.05) is 26.7 Å². The standard InChI is InChI=1S/C13H22N2O3/c1-13(12(17)14-2)9-15(7-8-18-13)11(16)10-5-3-4-6-10/h10H,3-9H2,1-2H3,(H,14,17)/t13-/m0/s1. The molecule has 0 radical (unpaired) electrons. The van der Waals surface area contributed by atoms with Crippen LogP contribution in [0.4, 0.5) is 0 Å². The van der Waals surface area contributed by atoms with E-state index in [1.165, 1.54) is 0 Å². The summed E-state index contributed by atoms with van der Waals surface area (Å²) in [6.07, 6.45) is 4.28. The molecule has 2 aliphatic rings. The second-order valence-corrected chi connectivity index (χ2v) is 5.40. The average molecular weight is 254 g/mol. The largest absolute Gasteiger partial charge is 0.362 e. The van der Waals surface area contributed by atoms with Gasteiger partial charge in [0, 0.05) is 19.5 Å². The fourth-order valence-corrected chi connectivity index (χ4v) is 2.89. The summed E-state index contributed by atoms with van der Waals surface area (Å²) in [7, 11) is 1.59. The molecule has 1 aliphatic heterocycles. The zero-order valence-corrected chi connectivity index (χ0v) is 11.2. The molecule has 0 aromatic heterocycles. The SMILES string of the molecule is CNC(=O)[C@]1(C)CN(C(=O)C2CCCC2)CCO1. The van der Waals surface area contributed by atoms with Crippen LogP contribution < -0.4 is 5.32 Å². The zero-order chi connectivity index (χ0) is 13.2. The fourth-order valence-electron chi connectivity index (χ4n) is 2.89. The van der Waals surface area contributed by atoms with Crippen LogP contribution in [-0.4, -0.2) is 49.1 Å². The molecule has 0 unspecified atom stereocenters. The molecule has 18 heavy (non-hydrogen) atoms. The van der Waals surface area contributed by atoms with Gasteiger partial charge in [0.2, 0.25) is 5.91 Å². The third-order valence-electron chi connectivity index (χ3n) is 4.00. The molecule has 102 valence electrons. The Morgan fingerprint density at radius 3 is 2.61 bits per heavy atom. The van der Waals surface area contributed by atoms with Gasteiger partial charge < -0.3 is 15.0 Å². The maximum absolute atomic E-state index is 12.3. The molecule has 2 rings (SSSR count). The highest BCUT2D eigenvalue weighted by Gasteiger charge is 2.41. The first-order valence-electron chi connectivity index (χ1n) is 6.72. The van der Waals surface area contributed by atoms with Crippen molar-refractivity contribution in [1.82, 2.24) is 10.2 Å². The monoisotopic (exact) mass is 254 g/mol. The minimum absolute atomic E-state index is 0.161. The number of hydrogen-bond donors (Lipinski definition) is 1. The van der Waals surface area contributed by atoms with Gasteiger partial charge in [-0.3, -0.25) is 9.59 Å². The molecule has 1 saturated carbocycles. The summed E-state index contributed by atoms with van der Waals surface area (Å²) < 4.78 is 5.56. The Morgan fingerprint density at radius 2 is 2.00 bits per heavy atom. The van der Waals surface area contributed by atoms with E-state index >= 15 is 0 Å². The smallest absolute Gasteiger partial charge is 0.253 e. The van der Waals surface area contributed by atoms with Gasteiger partial charge >= 0.3 is 0 Å². The number of morpholine rings is 1. The molecule has 0 aromatic rings. The van der Waals surface area contributed by atoms with Crippen LogP contribution in [0, 0.1) is 5.92 Å². The minimum atomic E-state index is -0.902. The number of carbonyl (C=O) groups excluding carboxylic acids is 2. The Kier molecular flexibility index (Phi) is 3.90. The van der Waals surface area contributed by atoms with Gasteiger partial charge in [-0.05, 0) is 19.8 Å². The van der Waals surface area contributed by atoms with Crippen molar-refractivity contribution < 1.29 is 14.3 Å². The van der Waals surface area contributed by atoms with E-state index in [2.05, 4.69) is 5.32 Å². The van der Waals surface area contributed by atoms with Crippen molar-refractivity contribution in [3.63, 3.8) is 0 Å². The first-order chi connectivity index (χ1) is 8.57. The van der Waals surface area contributed by atoms with Crippen LogP contribution >= 0.6 is 0 Å². The predicted octanol–water partition coefficient (Wildman–Crippen LogP) is 0.540. The Balaban J connectivity index is 2.01. The Hall–Kier alpha value is -1.10. The van der Waals surface area contributed by atoms with E-state index in [9.17, 15) is 9.59 Å². The van der Waals surface area contributed by atoms with Crippen LogP contribution in [0.5, 0.6) is 0 Å². The second kappa shape index (κ2) is 5.26. The van der Waals surface area contributed by atoms with E-state index in [4.69, 9.17) is 4.74 Å². The molecular formula is C13H22N2O3. The Bertz CT molecular complexity index is 339. The van der Waals surface area contributed by atoms with Gasteiger partial charge in [-0.1, -0.05) is 12.8 Å². The van der Waals surface area contributed by atoms with Crippen molar-refractivity contribution in [2.45, 2.75) is 38.2 Å². The van der Waals surface area contributed by atoms with Gasteiger partial charge in [0.25, 0.3) is 5.91 Å². The summed E-state index contributed by atoms with van der Waals surface area (Å²) >= 11 is 0. The lowest BCUT2D eigenvalue weighted by molar-refractivity contribution is -0.164. The molecule has 1 N–H and O–H groups in total. The van der Waals surface area contributed by atoms with E-state index in [-0.39, 0.29) is 17.7 Å². The summed E-state index contributed by atoms with van der Waals surface area (Å²) in [5, 5.41) is 2.60. The second-order valence-electron chi connectivity index (χ2n) is 5.40. The third-order valence-corrected chi connectivity index (χ3v) is 4.00. The predicted molar refractivity (Wildman–Crippen MR) is 67.0 cm³/mol. The molecule has 5 nitrogen and oxygen atoms in total. The van der Waals surface area contributed by atoms with Crippen molar-refractivity contribution in [1.29, 1.82) is 0 Å². The summed E-state index contributed by atoms with van der Waals surface area (Å²) in [5.74, 6) is 0.203. The van der Waals surface area contributed by atoms with E-state index in [0.29, 0.717) is 19.7 Å². The number of carbonyl (C=O) groups is 2. The number of nitrogens with one attached hydrogen (secondary N) is 1. The van der Waals surface area contributed by atoms with E-state index in [1.807, 2.05) is 0 Å². The molecule has 1 heterocycles. The van der Waals surface area contributed by atoms with Crippen molar-refractivity contribution in [3.05, 3.63) is 0 Å². The Morgan fingerprint density at radius 1 is 1.33 bits per heavy atom. The lowest BCUT2D eigenvalue weighted by Crippen LogP contribution is -2.59. The van der Waals surface area contributed by atoms with Crippen molar-refractivity contribution in [2.24, 2.45) is 5.92 Å². The van der Waals surface area contributed by atoms with E-state index < -0.39 is 5.60 Å². The van der Waals surface area contributed by atoms with Gasteiger partial charge in [-0.15, -0.1) is 0 Å². The van der Waals surface area contributed by atoms with Crippen molar-refractivity contribution >= 4 is 11.8 Å². The van der Waals surface area contributed by atoms with Crippen LogP contribution in [-0.2, 0) is 14.3 Å². The number of nitrogens with zero attached hydrogens (tertiary/aromatic N) is 1. The molecular weight excluding hydrogens is 232 g/mol. The normalized spacial score (nSPS) is 29.3. The third kappa shape index (κ3) is 2.51. The van der Waals surface area contributed by atoms with Crippen LogP contribution in [0.15, 0.2) is 0 Å². The lowest BCUT2D eigenvalue weighted by Gasteiger charge is -2.39. The molecule has 0 bridgehead atoms. The summed E-state index contributed by atoms with van der Waals surface area (Å²) in [5.41, 5.74) is -0.902. The minimum Gasteiger partial charge on any atom is -0.362 e. The molecule has 1 aliphatic carbocycles. The van der Waals surface area contributed by atoms with Crippen LogP contribution in [0.1, 0.15) is 32.6 Å².